The monoisotopic (exact) mass is 339 g/mol. The Balaban J connectivity index is 1.44. The van der Waals surface area contributed by atoms with Gasteiger partial charge in [0, 0.05) is 54.3 Å². The minimum Gasteiger partial charge on any atom is -0.460 e. The second kappa shape index (κ2) is 6.87. The van der Waals surface area contributed by atoms with Gasteiger partial charge in [-0.15, -0.1) is 0 Å². The van der Waals surface area contributed by atoms with Crippen LogP contribution in [0.2, 0.25) is 0 Å². The molecule has 3 aromatic heterocycles. The third kappa shape index (κ3) is 3.28. The average molecular weight is 339 g/mol. The standard InChI is InChI=1S/C19H21N3OS/c1-2-3-19-20-10-15-11-22(8-6-17(15)21-19)12-16-4-5-18(23-16)14-7-9-24-13-14/h4-5,7,9-10,13H,2-3,6,8,11-12H2,1H3. The van der Waals surface area contributed by atoms with Crippen LogP contribution in [0, 0.1) is 0 Å². The Labute approximate surface area is 146 Å². The lowest BCUT2D eigenvalue weighted by molar-refractivity contribution is 0.224. The number of thiophene rings is 1. The summed E-state index contributed by atoms with van der Waals surface area (Å²) in [6.07, 6.45) is 5.07. The summed E-state index contributed by atoms with van der Waals surface area (Å²) in [6, 6.07) is 6.24. The van der Waals surface area contributed by atoms with Gasteiger partial charge >= 0.3 is 0 Å². The molecule has 0 amide bonds. The fourth-order valence-corrected chi connectivity index (χ4v) is 3.78. The van der Waals surface area contributed by atoms with Gasteiger partial charge in [-0.1, -0.05) is 6.92 Å². The molecule has 0 spiro atoms. The Bertz CT molecular complexity index is 810. The maximum absolute atomic E-state index is 6.00. The maximum atomic E-state index is 6.00. The van der Waals surface area contributed by atoms with Crippen LogP contribution in [0.5, 0.6) is 0 Å². The van der Waals surface area contributed by atoms with Crippen LogP contribution in [0.4, 0.5) is 0 Å². The Hall–Kier alpha value is -1.98. The summed E-state index contributed by atoms with van der Waals surface area (Å²) in [5.74, 6) is 2.95. The quantitative estimate of drug-likeness (QED) is 0.695. The van der Waals surface area contributed by atoms with E-state index >= 15 is 0 Å². The molecule has 5 heteroatoms. The lowest BCUT2D eigenvalue weighted by Gasteiger charge is -2.27. The number of aromatic nitrogens is 2. The third-order valence-corrected chi connectivity index (χ3v) is 5.07. The molecular weight excluding hydrogens is 318 g/mol. The molecule has 0 saturated carbocycles. The van der Waals surface area contributed by atoms with Crippen molar-refractivity contribution in [3.63, 3.8) is 0 Å². The van der Waals surface area contributed by atoms with Crippen molar-refractivity contribution in [2.75, 3.05) is 6.54 Å². The van der Waals surface area contributed by atoms with Gasteiger partial charge in [-0.3, -0.25) is 4.90 Å². The van der Waals surface area contributed by atoms with E-state index in [9.17, 15) is 0 Å². The van der Waals surface area contributed by atoms with Crippen LogP contribution in [0.1, 0.15) is 36.2 Å². The van der Waals surface area contributed by atoms with Crippen molar-refractivity contribution < 1.29 is 4.42 Å². The first-order valence-electron chi connectivity index (χ1n) is 8.49. The molecule has 0 aromatic carbocycles. The van der Waals surface area contributed by atoms with E-state index in [2.05, 4.69) is 45.8 Å². The first-order chi connectivity index (χ1) is 11.8. The molecule has 4 heterocycles. The molecular formula is C19H21N3OS. The summed E-state index contributed by atoms with van der Waals surface area (Å²) in [7, 11) is 0. The maximum Gasteiger partial charge on any atom is 0.135 e. The lowest BCUT2D eigenvalue weighted by Crippen LogP contribution is -2.31. The van der Waals surface area contributed by atoms with Gasteiger partial charge in [-0.25, -0.2) is 9.97 Å². The molecule has 124 valence electrons. The topological polar surface area (TPSA) is 42.2 Å². The van der Waals surface area contributed by atoms with Crippen molar-refractivity contribution >= 4 is 11.3 Å². The SMILES string of the molecule is CCCc1ncc2c(n1)CCN(Cc1ccc(-c3ccsc3)o1)C2. The summed E-state index contributed by atoms with van der Waals surface area (Å²) < 4.78 is 6.00. The van der Waals surface area contributed by atoms with Crippen molar-refractivity contribution in [1.82, 2.24) is 14.9 Å². The van der Waals surface area contributed by atoms with E-state index in [0.29, 0.717) is 0 Å². The Morgan fingerprint density at radius 1 is 1.29 bits per heavy atom. The largest absolute Gasteiger partial charge is 0.460 e. The highest BCUT2D eigenvalue weighted by atomic mass is 32.1. The second-order valence-electron chi connectivity index (χ2n) is 6.25. The van der Waals surface area contributed by atoms with Gasteiger partial charge in [-0.05, 0) is 30.0 Å². The molecule has 3 aromatic rings. The molecule has 0 aliphatic carbocycles. The fourth-order valence-electron chi connectivity index (χ4n) is 3.14. The first-order valence-corrected chi connectivity index (χ1v) is 9.43. The van der Waals surface area contributed by atoms with Crippen molar-refractivity contribution in [1.29, 1.82) is 0 Å². The van der Waals surface area contributed by atoms with Crippen molar-refractivity contribution in [3.8, 4) is 11.3 Å². The second-order valence-corrected chi connectivity index (χ2v) is 7.03. The summed E-state index contributed by atoms with van der Waals surface area (Å²) in [5.41, 5.74) is 3.64. The molecule has 1 aliphatic heterocycles. The highest BCUT2D eigenvalue weighted by molar-refractivity contribution is 7.08. The molecule has 4 nitrogen and oxygen atoms in total. The molecule has 1 aliphatic rings. The first kappa shape index (κ1) is 15.5. The fraction of sp³-hybridized carbons (Fsp3) is 0.368. The van der Waals surface area contributed by atoms with E-state index in [1.165, 1.54) is 11.3 Å². The lowest BCUT2D eigenvalue weighted by atomic mass is 10.1. The number of fused-ring (bicyclic) bond motifs is 1. The summed E-state index contributed by atoms with van der Waals surface area (Å²) >= 11 is 1.69. The number of aryl methyl sites for hydroxylation is 1. The zero-order chi connectivity index (χ0) is 16.4. The minimum atomic E-state index is 0.834. The minimum absolute atomic E-state index is 0.834. The molecule has 0 bridgehead atoms. The number of hydrogen-bond donors (Lipinski definition) is 0. The molecule has 4 rings (SSSR count). The van der Waals surface area contributed by atoms with Gasteiger partial charge in [0.25, 0.3) is 0 Å². The molecule has 24 heavy (non-hydrogen) atoms. The van der Waals surface area contributed by atoms with Crippen LogP contribution >= 0.6 is 11.3 Å². The van der Waals surface area contributed by atoms with Gasteiger partial charge in [0.15, 0.2) is 0 Å². The van der Waals surface area contributed by atoms with Crippen LogP contribution in [0.25, 0.3) is 11.3 Å². The highest BCUT2D eigenvalue weighted by Crippen LogP contribution is 2.26. The Kier molecular flexibility index (Phi) is 4.45. The predicted octanol–water partition coefficient (Wildman–Crippen LogP) is 4.31. The zero-order valence-electron chi connectivity index (χ0n) is 13.9. The van der Waals surface area contributed by atoms with E-state index in [4.69, 9.17) is 9.40 Å². The van der Waals surface area contributed by atoms with Gasteiger partial charge in [0.05, 0.1) is 6.54 Å². The summed E-state index contributed by atoms with van der Waals surface area (Å²) in [6.45, 7) is 4.92. The highest BCUT2D eigenvalue weighted by Gasteiger charge is 2.19. The van der Waals surface area contributed by atoms with Crippen LogP contribution < -0.4 is 0 Å². The van der Waals surface area contributed by atoms with E-state index in [1.54, 1.807) is 11.3 Å². The molecule has 0 atom stereocenters. The van der Waals surface area contributed by atoms with Gasteiger partial charge in [-0.2, -0.15) is 11.3 Å². The van der Waals surface area contributed by atoms with Crippen molar-refractivity contribution in [2.45, 2.75) is 39.3 Å². The van der Waals surface area contributed by atoms with Gasteiger partial charge < -0.3 is 4.42 Å². The normalized spacial score (nSPS) is 14.7. The number of hydrogen-bond acceptors (Lipinski definition) is 5. The van der Waals surface area contributed by atoms with Crippen molar-refractivity contribution in [3.05, 3.63) is 58.0 Å². The molecule has 0 unspecified atom stereocenters. The van der Waals surface area contributed by atoms with Crippen LogP contribution in [0.3, 0.4) is 0 Å². The van der Waals surface area contributed by atoms with E-state index < -0.39 is 0 Å². The van der Waals surface area contributed by atoms with E-state index in [0.717, 1.165) is 61.8 Å². The summed E-state index contributed by atoms with van der Waals surface area (Å²) in [5, 5.41) is 4.19. The van der Waals surface area contributed by atoms with Crippen LogP contribution in [-0.2, 0) is 25.9 Å². The van der Waals surface area contributed by atoms with Gasteiger partial charge in [0.1, 0.15) is 17.3 Å². The molecule has 0 fully saturated rings. The predicted molar refractivity (Wildman–Crippen MR) is 95.9 cm³/mol. The van der Waals surface area contributed by atoms with Crippen LogP contribution in [0.15, 0.2) is 39.6 Å². The number of nitrogens with zero attached hydrogens (tertiary/aromatic N) is 3. The number of rotatable bonds is 5. The van der Waals surface area contributed by atoms with Crippen LogP contribution in [-0.4, -0.2) is 21.4 Å². The Morgan fingerprint density at radius 3 is 3.08 bits per heavy atom. The zero-order valence-corrected chi connectivity index (χ0v) is 14.7. The van der Waals surface area contributed by atoms with E-state index in [1.807, 2.05) is 6.20 Å². The summed E-state index contributed by atoms with van der Waals surface area (Å²) in [4.78, 5) is 11.6. The van der Waals surface area contributed by atoms with E-state index in [-0.39, 0.29) is 0 Å². The van der Waals surface area contributed by atoms with Gasteiger partial charge in [0.2, 0.25) is 0 Å². The van der Waals surface area contributed by atoms with Crippen molar-refractivity contribution in [2.24, 2.45) is 0 Å². The molecule has 0 saturated heterocycles. The average Bonchev–Trinajstić information content (AvgIpc) is 3.26. The number of furan rings is 1. The molecule has 0 radical (unpaired) electrons. The third-order valence-electron chi connectivity index (χ3n) is 4.38. The smallest absolute Gasteiger partial charge is 0.135 e. The Morgan fingerprint density at radius 2 is 2.25 bits per heavy atom. The molecule has 0 N–H and O–H groups in total.